The molecule has 1 aliphatic rings. The van der Waals surface area contributed by atoms with E-state index in [9.17, 15) is 0 Å². The van der Waals surface area contributed by atoms with Crippen LogP contribution in [0.4, 0.5) is 5.95 Å². The largest absolute Gasteiger partial charge is 0.472 e. The van der Waals surface area contributed by atoms with E-state index in [1.807, 2.05) is 4.57 Å². The number of imidazole rings is 1. The lowest BCUT2D eigenvalue weighted by atomic mass is 9.99. The number of azide groups is 1. The smallest absolute Gasteiger partial charge is 0.246 e. The van der Waals surface area contributed by atoms with Gasteiger partial charge in [0.1, 0.15) is 6.61 Å². The Balaban J connectivity index is 2.10. The fourth-order valence-electron chi connectivity index (χ4n) is 3.62. The first kappa shape index (κ1) is 24.2. The lowest BCUT2D eigenvalue weighted by molar-refractivity contribution is -0.0321. The van der Waals surface area contributed by atoms with Crippen molar-refractivity contribution in [3.05, 3.63) is 29.4 Å². The van der Waals surface area contributed by atoms with Crippen LogP contribution in [-0.2, 0) is 9.16 Å². The summed E-state index contributed by atoms with van der Waals surface area (Å²) >= 11 is 0. The average molecular weight is 460 g/mol. The standard InChI is InChI=1S/C21H33N7O3Si/c1-9-11-29-18-15-17(24-20(25-18)26-27-22)28(12-23-15)19-16(13(3)14(10-2)30-19)31-32(7,8)21(4,5)6/h9,12-14,16,19H,1,10-11H2,2-8H3/t13?,14-,16+,19-/m1/s1. The van der Waals surface area contributed by atoms with E-state index in [2.05, 4.69) is 79.3 Å². The highest BCUT2D eigenvalue weighted by Gasteiger charge is 2.49. The molecule has 0 bridgehead atoms. The Labute approximate surface area is 189 Å². The molecule has 4 atom stereocenters. The molecule has 1 aliphatic heterocycles. The molecule has 3 rings (SSSR count). The zero-order valence-corrected chi connectivity index (χ0v) is 20.9. The van der Waals surface area contributed by atoms with Gasteiger partial charge in [0.2, 0.25) is 11.8 Å². The van der Waals surface area contributed by atoms with Crippen LogP contribution < -0.4 is 4.74 Å². The molecule has 0 aromatic carbocycles. The van der Waals surface area contributed by atoms with Crippen LogP contribution in [-0.4, -0.2) is 46.7 Å². The van der Waals surface area contributed by atoms with E-state index >= 15 is 0 Å². The summed E-state index contributed by atoms with van der Waals surface area (Å²) in [7, 11) is -2.08. The molecular formula is C21H33N7O3Si. The molecule has 1 saturated heterocycles. The summed E-state index contributed by atoms with van der Waals surface area (Å²) in [5, 5.41) is 3.63. The van der Waals surface area contributed by atoms with Crippen molar-refractivity contribution in [3.63, 3.8) is 0 Å². The lowest BCUT2D eigenvalue weighted by Gasteiger charge is -2.40. The van der Waals surface area contributed by atoms with Crippen molar-refractivity contribution in [3.8, 4) is 5.88 Å². The monoisotopic (exact) mass is 459 g/mol. The molecular weight excluding hydrogens is 426 g/mol. The van der Waals surface area contributed by atoms with Gasteiger partial charge in [-0.25, -0.2) is 9.97 Å². The Morgan fingerprint density at radius 1 is 1.38 bits per heavy atom. The van der Waals surface area contributed by atoms with Crippen LogP contribution in [0, 0.1) is 5.92 Å². The molecule has 10 nitrogen and oxygen atoms in total. The molecule has 0 radical (unpaired) electrons. The predicted molar refractivity (Wildman–Crippen MR) is 125 cm³/mol. The summed E-state index contributed by atoms with van der Waals surface area (Å²) in [4.78, 5) is 15.9. The maximum absolute atomic E-state index is 8.90. The van der Waals surface area contributed by atoms with Gasteiger partial charge in [-0.05, 0) is 35.2 Å². The van der Waals surface area contributed by atoms with E-state index in [4.69, 9.17) is 19.4 Å². The van der Waals surface area contributed by atoms with Gasteiger partial charge in [-0.15, -0.1) is 0 Å². The predicted octanol–water partition coefficient (Wildman–Crippen LogP) is 5.67. The summed E-state index contributed by atoms with van der Waals surface area (Å²) in [5.74, 6) is 0.378. The molecule has 2 aromatic heterocycles. The first-order valence-electron chi connectivity index (χ1n) is 10.9. The number of rotatable bonds is 8. The van der Waals surface area contributed by atoms with Gasteiger partial charge >= 0.3 is 0 Å². The third-order valence-corrected chi connectivity index (χ3v) is 10.9. The van der Waals surface area contributed by atoms with Gasteiger partial charge in [0.15, 0.2) is 25.7 Å². The zero-order valence-electron chi connectivity index (χ0n) is 19.9. The second-order valence-electron chi connectivity index (χ2n) is 9.62. The second kappa shape index (κ2) is 9.19. The SMILES string of the molecule is C=CCOc1nc(N=[N+]=[N-])nc2c1ncn2[C@@H]1O[C@H](CC)C(C)[C@@H]1O[Si](C)(C)C(C)(C)C. The molecule has 1 unspecified atom stereocenters. The van der Waals surface area contributed by atoms with Gasteiger partial charge < -0.3 is 13.9 Å². The highest BCUT2D eigenvalue weighted by Crippen LogP contribution is 2.45. The maximum Gasteiger partial charge on any atom is 0.246 e. The minimum absolute atomic E-state index is 0.0410. The number of aromatic nitrogens is 4. The quantitative estimate of drug-likeness (QED) is 0.165. The normalized spacial score (nSPS) is 23.8. The average Bonchev–Trinajstić information content (AvgIpc) is 3.26. The van der Waals surface area contributed by atoms with E-state index in [-0.39, 0.29) is 41.6 Å². The van der Waals surface area contributed by atoms with Crippen LogP contribution in [0.15, 0.2) is 24.1 Å². The van der Waals surface area contributed by atoms with Gasteiger partial charge in [0.25, 0.3) is 0 Å². The summed E-state index contributed by atoms with van der Waals surface area (Å²) in [6, 6.07) is 0. The van der Waals surface area contributed by atoms with Gasteiger partial charge in [0.05, 0.1) is 18.5 Å². The van der Waals surface area contributed by atoms with Gasteiger partial charge in [-0.3, -0.25) is 4.57 Å². The number of hydrogen-bond donors (Lipinski definition) is 0. The number of nitrogens with zero attached hydrogens (tertiary/aromatic N) is 7. The number of ether oxygens (including phenoxy) is 2. The molecule has 0 aliphatic carbocycles. The zero-order chi connectivity index (χ0) is 23.7. The van der Waals surface area contributed by atoms with E-state index in [0.29, 0.717) is 11.2 Å². The van der Waals surface area contributed by atoms with Crippen molar-refractivity contribution in [2.24, 2.45) is 11.0 Å². The molecule has 32 heavy (non-hydrogen) atoms. The third-order valence-electron chi connectivity index (χ3n) is 6.46. The molecule has 2 aromatic rings. The first-order chi connectivity index (χ1) is 15.0. The Morgan fingerprint density at radius 2 is 2.09 bits per heavy atom. The summed E-state index contributed by atoms with van der Waals surface area (Å²) in [5.41, 5.74) is 9.83. The Morgan fingerprint density at radius 3 is 2.69 bits per heavy atom. The van der Waals surface area contributed by atoms with E-state index in [1.54, 1.807) is 12.4 Å². The lowest BCUT2D eigenvalue weighted by Crippen LogP contribution is -2.46. The molecule has 1 fully saturated rings. The number of fused-ring (bicyclic) bond motifs is 1. The van der Waals surface area contributed by atoms with Gasteiger partial charge in [-0.1, -0.05) is 47.3 Å². The van der Waals surface area contributed by atoms with Crippen molar-refractivity contribution < 1.29 is 13.9 Å². The van der Waals surface area contributed by atoms with Crippen LogP contribution in [0.5, 0.6) is 5.88 Å². The Hall–Kier alpha value is -2.46. The molecule has 0 saturated carbocycles. The minimum Gasteiger partial charge on any atom is -0.472 e. The second-order valence-corrected chi connectivity index (χ2v) is 14.4. The van der Waals surface area contributed by atoms with E-state index in [1.165, 1.54) is 0 Å². The topological polar surface area (TPSA) is 120 Å². The number of hydrogen-bond acceptors (Lipinski definition) is 7. The van der Waals surface area contributed by atoms with Crippen LogP contribution in [0.25, 0.3) is 21.6 Å². The highest BCUT2D eigenvalue weighted by atomic mass is 28.4. The summed E-state index contributed by atoms with van der Waals surface area (Å²) in [6.45, 7) is 19.3. The third kappa shape index (κ3) is 4.51. The van der Waals surface area contributed by atoms with Crippen molar-refractivity contribution >= 4 is 25.4 Å². The first-order valence-corrected chi connectivity index (χ1v) is 13.8. The molecule has 0 spiro atoms. The van der Waals surface area contributed by atoms with E-state index < -0.39 is 14.5 Å². The van der Waals surface area contributed by atoms with E-state index in [0.717, 1.165) is 6.42 Å². The van der Waals surface area contributed by atoms with Crippen LogP contribution in [0.3, 0.4) is 0 Å². The highest BCUT2D eigenvalue weighted by molar-refractivity contribution is 6.74. The van der Waals surface area contributed by atoms with Crippen molar-refractivity contribution in [2.75, 3.05) is 6.61 Å². The molecule has 0 amide bonds. The van der Waals surface area contributed by atoms with Gasteiger partial charge in [-0.2, -0.15) is 4.98 Å². The van der Waals surface area contributed by atoms with Gasteiger partial charge in [0, 0.05) is 10.8 Å². The van der Waals surface area contributed by atoms with Crippen LogP contribution >= 0.6 is 0 Å². The summed E-state index contributed by atoms with van der Waals surface area (Å²) in [6.07, 6.45) is 3.59. The van der Waals surface area contributed by atoms with Crippen molar-refractivity contribution in [1.29, 1.82) is 0 Å². The maximum atomic E-state index is 8.90. The van der Waals surface area contributed by atoms with Crippen LogP contribution in [0.2, 0.25) is 18.1 Å². The Bertz CT molecular complexity index is 1030. The fourth-order valence-corrected chi connectivity index (χ4v) is 4.98. The minimum atomic E-state index is -2.08. The molecule has 3 heterocycles. The Kier molecular flexibility index (Phi) is 6.94. The van der Waals surface area contributed by atoms with Crippen LogP contribution in [0.1, 0.15) is 47.3 Å². The molecule has 11 heteroatoms. The summed E-state index contributed by atoms with van der Waals surface area (Å²) < 4.78 is 20.8. The van der Waals surface area contributed by atoms with Crippen molar-refractivity contribution in [1.82, 2.24) is 19.5 Å². The van der Waals surface area contributed by atoms with Crippen molar-refractivity contribution in [2.45, 2.75) is 77.6 Å². The fraction of sp³-hybridized carbons (Fsp3) is 0.667. The molecule has 0 N–H and O–H groups in total. The molecule has 174 valence electrons.